The molecule has 3 atom stereocenters. The highest BCUT2D eigenvalue weighted by Crippen LogP contribution is 2.50. The van der Waals surface area contributed by atoms with Gasteiger partial charge in [-0.05, 0) is 61.4 Å². The molecule has 2 aromatic rings. The lowest BCUT2D eigenvalue weighted by Crippen LogP contribution is -2.35. The van der Waals surface area contributed by atoms with Gasteiger partial charge in [-0.1, -0.05) is 18.2 Å². The first-order chi connectivity index (χ1) is 12.0. The fourth-order valence-corrected chi connectivity index (χ4v) is 4.85. The van der Waals surface area contributed by atoms with Crippen molar-refractivity contribution in [1.29, 1.82) is 0 Å². The molecule has 1 aliphatic carbocycles. The monoisotopic (exact) mass is 338 g/mol. The normalized spacial score (nSPS) is 29.1. The molecule has 2 heterocycles. The summed E-state index contributed by atoms with van der Waals surface area (Å²) in [6, 6.07) is 9.96. The van der Waals surface area contributed by atoms with E-state index in [-0.39, 0.29) is 5.92 Å². The van der Waals surface area contributed by atoms with Crippen LogP contribution in [0.1, 0.15) is 35.2 Å². The van der Waals surface area contributed by atoms with E-state index < -0.39 is 5.60 Å². The number of likely N-dealkylation sites (tertiary alicyclic amines) is 1. The maximum atomic E-state index is 11.3. The number of hydrogen-bond acceptors (Lipinski definition) is 4. The highest BCUT2D eigenvalue weighted by molar-refractivity contribution is 5.42. The number of phenolic OH excluding ortho intramolecular Hbond substituents is 1. The average molecular weight is 338 g/mol. The van der Waals surface area contributed by atoms with Crippen molar-refractivity contribution >= 4 is 0 Å². The van der Waals surface area contributed by atoms with E-state index in [9.17, 15) is 10.2 Å². The van der Waals surface area contributed by atoms with Crippen molar-refractivity contribution in [3.63, 3.8) is 0 Å². The Kier molecular flexibility index (Phi) is 4.05. The summed E-state index contributed by atoms with van der Waals surface area (Å²) in [6.07, 6.45) is 3.64. The van der Waals surface area contributed by atoms with Crippen LogP contribution in [0.4, 0.5) is 0 Å². The summed E-state index contributed by atoms with van der Waals surface area (Å²) >= 11 is 0. The molecule has 1 saturated carbocycles. The number of fused-ring (bicyclic) bond motifs is 1. The predicted molar refractivity (Wildman–Crippen MR) is 97.2 cm³/mol. The molecule has 4 rings (SSSR count). The number of pyridine rings is 1. The Labute approximate surface area is 149 Å². The Morgan fingerprint density at radius 1 is 1.20 bits per heavy atom. The molecule has 4 heteroatoms. The molecule has 1 aromatic carbocycles. The summed E-state index contributed by atoms with van der Waals surface area (Å²) in [7, 11) is 0. The second-order valence-corrected chi connectivity index (χ2v) is 7.82. The highest BCUT2D eigenvalue weighted by Gasteiger charge is 2.52. The van der Waals surface area contributed by atoms with Gasteiger partial charge in [-0.3, -0.25) is 9.88 Å². The van der Waals surface area contributed by atoms with E-state index in [1.165, 1.54) is 5.56 Å². The molecule has 1 aliphatic heterocycles. The third-order valence-corrected chi connectivity index (χ3v) is 6.09. The average Bonchev–Trinajstić information content (AvgIpc) is 3.14. The predicted octanol–water partition coefficient (Wildman–Crippen LogP) is 3.13. The number of aliphatic hydroxyl groups is 1. The van der Waals surface area contributed by atoms with E-state index >= 15 is 0 Å². The van der Waals surface area contributed by atoms with Crippen LogP contribution in [0.2, 0.25) is 0 Å². The van der Waals surface area contributed by atoms with Crippen molar-refractivity contribution in [2.24, 2.45) is 11.8 Å². The SMILES string of the molecule is Cc1cc(CN2C[C@@H]3CC[C@@](O)(c4ccccn4)[C@@H]3C2)cc(C)c1O. The molecule has 132 valence electrons. The van der Waals surface area contributed by atoms with E-state index in [0.717, 1.165) is 49.3 Å². The summed E-state index contributed by atoms with van der Waals surface area (Å²) in [6.45, 7) is 6.69. The molecule has 2 fully saturated rings. The molecule has 1 aromatic heterocycles. The van der Waals surface area contributed by atoms with Gasteiger partial charge in [-0.2, -0.15) is 0 Å². The number of aromatic hydroxyl groups is 1. The molecule has 1 saturated heterocycles. The van der Waals surface area contributed by atoms with Gasteiger partial charge in [0.05, 0.1) is 5.69 Å². The molecule has 0 unspecified atom stereocenters. The minimum absolute atomic E-state index is 0.252. The number of hydrogen-bond donors (Lipinski definition) is 2. The van der Waals surface area contributed by atoms with Crippen molar-refractivity contribution in [2.45, 2.75) is 38.8 Å². The van der Waals surface area contributed by atoms with Crippen LogP contribution in [0, 0.1) is 25.7 Å². The van der Waals surface area contributed by atoms with Crippen molar-refractivity contribution in [1.82, 2.24) is 9.88 Å². The Bertz CT molecular complexity index is 754. The first-order valence-electron chi connectivity index (χ1n) is 9.12. The van der Waals surface area contributed by atoms with Crippen molar-refractivity contribution in [3.8, 4) is 5.75 Å². The Morgan fingerprint density at radius 2 is 1.96 bits per heavy atom. The fourth-order valence-electron chi connectivity index (χ4n) is 4.85. The molecule has 0 radical (unpaired) electrons. The van der Waals surface area contributed by atoms with Gasteiger partial charge in [0.2, 0.25) is 0 Å². The van der Waals surface area contributed by atoms with E-state index in [4.69, 9.17) is 0 Å². The van der Waals surface area contributed by atoms with Gasteiger partial charge in [0.15, 0.2) is 0 Å². The number of rotatable bonds is 3. The van der Waals surface area contributed by atoms with Crippen LogP contribution in [-0.4, -0.2) is 33.2 Å². The first-order valence-corrected chi connectivity index (χ1v) is 9.12. The second-order valence-electron chi connectivity index (χ2n) is 7.82. The quantitative estimate of drug-likeness (QED) is 0.903. The lowest BCUT2D eigenvalue weighted by Gasteiger charge is -2.29. The Balaban J connectivity index is 1.52. The van der Waals surface area contributed by atoms with Crippen LogP contribution < -0.4 is 0 Å². The number of nitrogens with zero attached hydrogens (tertiary/aromatic N) is 2. The lowest BCUT2D eigenvalue weighted by molar-refractivity contribution is -0.0108. The van der Waals surface area contributed by atoms with E-state index in [0.29, 0.717) is 11.7 Å². The zero-order chi connectivity index (χ0) is 17.6. The summed E-state index contributed by atoms with van der Waals surface area (Å²) in [5.74, 6) is 1.18. The minimum atomic E-state index is -0.790. The molecule has 25 heavy (non-hydrogen) atoms. The Hall–Kier alpha value is -1.91. The maximum Gasteiger partial charge on any atom is 0.121 e. The summed E-state index contributed by atoms with van der Waals surface area (Å²) in [5.41, 5.74) is 3.12. The molecule has 0 spiro atoms. The smallest absolute Gasteiger partial charge is 0.121 e. The molecule has 2 N–H and O–H groups in total. The van der Waals surface area contributed by atoms with Gasteiger partial charge in [0.25, 0.3) is 0 Å². The zero-order valence-electron chi connectivity index (χ0n) is 14.9. The van der Waals surface area contributed by atoms with E-state index in [1.807, 2.05) is 32.0 Å². The molecule has 4 nitrogen and oxygen atoms in total. The van der Waals surface area contributed by atoms with Gasteiger partial charge in [0, 0.05) is 31.7 Å². The number of phenols is 1. The maximum absolute atomic E-state index is 11.3. The second kappa shape index (κ2) is 6.11. The molecule has 0 amide bonds. The largest absolute Gasteiger partial charge is 0.507 e. The lowest BCUT2D eigenvalue weighted by atomic mass is 9.85. The van der Waals surface area contributed by atoms with Gasteiger partial charge >= 0.3 is 0 Å². The number of aromatic nitrogens is 1. The van der Waals surface area contributed by atoms with E-state index in [1.54, 1.807) is 6.20 Å². The topological polar surface area (TPSA) is 56.6 Å². The van der Waals surface area contributed by atoms with Crippen LogP contribution in [0.5, 0.6) is 5.75 Å². The highest BCUT2D eigenvalue weighted by atomic mass is 16.3. The summed E-state index contributed by atoms with van der Waals surface area (Å²) in [5, 5.41) is 21.3. The van der Waals surface area contributed by atoms with Crippen LogP contribution in [0.25, 0.3) is 0 Å². The van der Waals surface area contributed by atoms with Crippen LogP contribution in [0.15, 0.2) is 36.5 Å². The molecular weight excluding hydrogens is 312 g/mol. The number of benzene rings is 1. The van der Waals surface area contributed by atoms with Crippen molar-refractivity contribution < 1.29 is 10.2 Å². The van der Waals surface area contributed by atoms with Gasteiger partial charge in [0.1, 0.15) is 11.4 Å². The number of aryl methyl sites for hydroxylation is 2. The summed E-state index contributed by atoms with van der Waals surface area (Å²) < 4.78 is 0. The van der Waals surface area contributed by atoms with Gasteiger partial charge in [-0.15, -0.1) is 0 Å². The molecular formula is C21H26N2O2. The standard InChI is InChI=1S/C21H26N2O2/c1-14-9-16(10-15(2)20(14)24)11-23-12-17-6-7-21(25,18(17)13-23)19-5-3-4-8-22-19/h3-5,8-10,17-18,24-25H,6-7,11-13H2,1-2H3/t17-,18+,21-/m0/s1. The third-order valence-electron chi connectivity index (χ3n) is 6.09. The fraction of sp³-hybridized carbons (Fsp3) is 0.476. The van der Waals surface area contributed by atoms with Crippen molar-refractivity contribution in [2.75, 3.05) is 13.1 Å². The van der Waals surface area contributed by atoms with Crippen LogP contribution in [-0.2, 0) is 12.1 Å². The molecule has 2 aliphatic rings. The van der Waals surface area contributed by atoms with Gasteiger partial charge in [-0.25, -0.2) is 0 Å². The Morgan fingerprint density at radius 3 is 2.64 bits per heavy atom. The summed E-state index contributed by atoms with van der Waals surface area (Å²) in [4.78, 5) is 6.88. The first kappa shape index (κ1) is 16.6. The van der Waals surface area contributed by atoms with E-state index in [2.05, 4.69) is 22.0 Å². The van der Waals surface area contributed by atoms with Crippen molar-refractivity contribution in [3.05, 3.63) is 58.9 Å². The zero-order valence-corrected chi connectivity index (χ0v) is 14.9. The minimum Gasteiger partial charge on any atom is -0.507 e. The third kappa shape index (κ3) is 2.83. The van der Waals surface area contributed by atoms with Crippen LogP contribution in [0.3, 0.4) is 0 Å². The molecule has 0 bridgehead atoms. The van der Waals surface area contributed by atoms with Gasteiger partial charge < -0.3 is 10.2 Å². The van der Waals surface area contributed by atoms with Crippen LogP contribution >= 0.6 is 0 Å².